The number of benzene rings is 2. The molecule has 0 spiro atoms. The van der Waals surface area contributed by atoms with Crippen LogP contribution in [0.25, 0.3) is 11.0 Å². The van der Waals surface area contributed by atoms with Crippen molar-refractivity contribution in [3.63, 3.8) is 0 Å². The van der Waals surface area contributed by atoms with E-state index in [0.29, 0.717) is 41.1 Å². The molecule has 4 aromatic rings. The van der Waals surface area contributed by atoms with Gasteiger partial charge in [-0.15, -0.1) is 0 Å². The van der Waals surface area contributed by atoms with Crippen LogP contribution in [0.4, 0.5) is 21.9 Å². The number of aromatic nitrogens is 2. The van der Waals surface area contributed by atoms with Gasteiger partial charge in [-0.3, -0.25) is 0 Å². The maximum Gasteiger partial charge on any atom is 0.323 e. The molecule has 0 bridgehead atoms. The topological polar surface area (TPSA) is 96.8 Å². The number of hydrogen-bond donors (Lipinski definition) is 3. The molecular weight excluding hydrogens is 388 g/mol. The normalized spacial score (nSPS) is 13.8. The summed E-state index contributed by atoms with van der Waals surface area (Å²) in [4.78, 5) is 21.7. The van der Waals surface area contributed by atoms with Gasteiger partial charge in [0.05, 0.1) is 14.0 Å². The molecule has 3 heterocycles. The Balaban J connectivity index is 1.42. The van der Waals surface area contributed by atoms with Gasteiger partial charge in [-0.05, 0) is 48.4 Å². The van der Waals surface area contributed by atoms with Crippen molar-refractivity contribution in [3.8, 4) is 6.07 Å². The highest BCUT2D eigenvalue weighted by Gasteiger charge is 2.23. The van der Waals surface area contributed by atoms with E-state index in [1.165, 1.54) is 0 Å². The number of nitrogens with zero attached hydrogens (tertiary/aromatic N) is 3. The Morgan fingerprint density at radius 1 is 1.16 bits per heavy atom. The monoisotopic (exact) mass is 410 g/mol. The summed E-state index contributed by atoms with van der Waals surface area (Å²) in [6.45, 7) is -1.31. The lowest BCUT2D eigenvalue weighted by Gasteiger charge is -2.19. The zero-order chi connectivity index (χ0) is 23.0. The molecule has 0 fully saturated rings. The van der Waals surface area contributed by atoms with Crippen molar-refractivity contribution >= 4 is 34.1 Å². The van der Waals surface area contributed by atoms with Crippen molar-refractivity contribution < 1.29 is 7.54 Å². The maximum atomic E-state index is 12.6. The van der Waals surface area contributed by atoms with Crippen LogP contribution in [0.2, 0.25) is 0 Å². The molecule has 7 heteroatoms. The first-order valence-corrected chi connectivity index (χ1v) is 9.88. The fourth-order valence-corrected chi connectivity index (χ4v) is 3.83. The number of pyridine rings is 1. The van der Waals surface area contributed by atoms with E-state index in [1.54, 1.807) is 59.8 Å². The number of rotatable bonds is 4. The summed E-state index contributed by atoms with van der Waals surface area (Å²) in [5.74, 6) is 0. The fraction of sp³-hybridized carbons (Fsp3) is 0.125. The van der Waals surface area contributed by atoms with E-state index in [1.807, 2.05) is 12.1 Å². The van der Waals surface area contributed by atoms with Crippen LogP contribution < -0.4 is 15.5 Å². The molecule has 0 aliphatic carbocycles. The predicted molar refractivity (Wildman–Crippen MR) is 121 cm³/mol. The number of hydrogen-bond acceptors (Lipinski definition) is 4. The van der Waals surface area contributed by atoms with Gasteiger partial charge in [-0.2, -0.15) is 5.26 Å². The largest absolute Gasteiger partial charge is 0.367 e. The Hall–Kier alpha value is -4.31. The number of para-hydroxylation sites is 1. The maximum absolute atomic E-state index is 12.6. The van der Waals surface area contributed by atoms with Crippen LogP contribution in [0.1, 0.15) is 19.4 Å². The Bertz CT molecular complexity index is 1410. The average Bonchev–Trinajstić information content (AvgIpc) is 3.45. The predicted octanol–water partition coefficient (Wildman–Crippen LogP) is 4.64. The van der Waals surface area contributed by atoms with E-state index in [9.17, 15) is 10.1 Å². The lowest BCUT2D eigenvalue weighted by atomic mass is 10.1. The highest BCUT2D eigenvalue weighted by molar-refractivity contribution is 6.01. The Morgan fingerprint density at radius 3 is 2.90 bits per heavy atom. The molecule has 2 aromatic heterocycles. The fourth-order valence-electron chi connectivity index (χ4n) is 3.83. The second kappa shape index (κ2) is 7.84. The van der Waals surface area contributed by atoms with Crippen LogP contribution in [0.3, 0.4) is 0 Å². The molecule has 1 aliphatic rings. The van der Waals surface area contributed by atoms with Gasteiger partial charge in [0.2, 0.25) is 0 Å². The zero-order valence-corrected chi connectivity index (χ0v) is 16.5. The van der Waals surface area contributed by atoms with E-state index < -0.39 is 12.5 Å². The van der Waals surface area contributed by atoms with E-state index in [4.69, 9.17) is 2.74 Å². The van der Waals surface area contributed by atoms with Gasteiger partial charge in [0, 0.05) is 47.8 Å². The first-order chi connectivity index (χ1) is 16.0. The number of fused-ring (bicyclic) bond motifs is 2. The summed E-state index contributed by atoms with van der Waals surface area (Å²) in [7, 11) is 0. The van der Waals surface area contributed by atoms with Crippen molar-refractivity contribution in [1.82, 2.24) is 9.97 Å². The lowest BCUT2D eigenvalue weighted by Crippen LogP contribution is -2.21. The molecule has 7 nitrogen and oxygen atoms in total. The van der Waals surface area contributed by atoms with Crippen LogP contribution in [0.5, 0.6) is 0 Å². The Labute approximate surface area is 182 Å². The zero-order valence-electron chi connectivity index (χ0n) is 18.5. The van der Waals surface area contributed by atoms with Gasteiger partial charge < -0.3 is 20.5 Å². The molecule has 0 saturated heterocycles. The van der Waals surface area contributed by atoms with Crippen LogP contribution in [0.15, 0.2) is 67.0 Å². The molecule has 152 valence electrons. The number of carbonyl (C=O) groups excluding carboxylic acids is 1. The van der Waals surface area contributed by atoms with E-state index in [-0.39, 0.29) is 0 Å². The van der Waals surface area contributed by atoms with E-state index >= 15 is 0 Å². The van der Waals surface area contributed by atoms with Crippen LogP contribution >= 0.6 is 0 Å². The number of carbonyl (C=O) groups is 1. The molecule has 5 rings (SSSR count). The minimum Gasteiger partial charge on any atom is -0.367 e. The SMILES string of the molecule is [2H]C([2H])(c1c[nH]c2ncccc12)N1CCc2c(NC(=O)Nc3ccccc3C#N)cccc21. The number of urea groups is 1. The van der Waals surface area contributed by atoms with Crippen molar-refractivity contribution in [2.45, 2.75) is 12.9 Å². The van der Waals surface area contributed by atoms with Gasteiger partial charge in [0.25, 0.3) is 0 Å². The standard InChI is InChI=1S/C24H20N6O/c25-13-16-5-1-2-7-20(16)28-24(31)29-21-8-3-9-22-19(21)10-12-30(22)15-17-14-27-23-18(17)6-4-11-26-23/h1-9,11,14H,10,12,15H2,(H,26,27)(H2,28,29,31)/i15D2. The second-order valence-corrected chi connectivity index (χ2v) is 7.16. The molecule has 2 aromatic carbocycles. The number of nitrogens with one attached hydrogen (secondary N) is 3. The third-order valence-corrected chi connectivity index (χ3v) is 5.28. The highest BCUT2D eigenvalue weighted by atomic mass is 16.2. The van der Waals surface area contributed by atoms with Crippen LogP contribution in [0, 0.1) is 11.3 Å². The minimum atomic E-state index is -1.78. The lowest BCUT2D eigenvalue weighted by molar-refractivity contribution is 0.262. The van der Waals surface area contributed by atoms with Crippen molar-refractivity contribution in [2.24, 2.45) is 0 Å². The summed E-state index contributed by atoms with van der Waals surface area (Å²) < 4.78 is 17.8. The molecule has 3 N–H and O–H groups in total. The van der Waals surface area contributed by atoms with Gasteiger partial charge in [-0.25, -0.2) is 9.78 Å². The average molecular weight is 410 g/mol. The smallest absolute Gasteiger partial charge is 0.323 e. The first kappa shape index (κ1) is 16.5. The summed E-state index contributed by atoms with van der Waals surface area (Å²) >= 11 is 0. The quantitative estimate of drug-likeness (QED) is 0.456. The molecular formula is C24H20N6O. The molecule has 0 saturated carbocycles. The Morgan fingerprint density at radius 2 is 2.00 bits per heavy atom. The Kier molecular flexibility index (Phi) is 4.17. The second-order valence-electron chi connectivity index (χ2n) is 7.16. The number of aromatic amines is 1. The van der Waals surface area contributed by atoms with Crippen molar-refractivity contribution in [2.75, 3.05) is 22.1 Å². The van der Waals surface area contributed by atoms with Gasteiger partial charge >= 0.3 is 6.03 Å². The summed E-state index contributed by atoms with van der Waals surface area (Å²) in [6, 6.07) is 17.5. The number of amides is 2. The third-order valence-electron chi connectivity index (χ3n) is 5.28. The van der Waals surface area contributed by atoms with Gasteiger partial charge in [0.15, 0.2) is 0 Å². The first-order valence-electron chi connectivity index (χ1n) is 10.9. The van der Waals surface area contributed by atoms with Crippen LogP contribution in [-0.2, 0) is 12.9 Å². The molecule has 0 atom stereocenters. The van der Waals surface area contributed by atoms with Gasteiger partial charge in [-0.1, -0.05) is 18.2 Å². The third kappa shape index (κ3) is 3.55. The highest BCUT2D eigenvalue weighted by Crippen LogP contribution is 2.35. The van der Waals surface area contributed by atoms with Crippen molar-refractivity contribution in [3.05, 3.63) is 83.7 Å². The number of anilines is 3. The van der Waals surface area contributed by atoms with Crippen molar-refractivity contribution in [1.29, 1.82) is 5.26 Å². The number of nitriles is 1. The molecule has 0 unspecified atom stereocenters. The number of H-pyrrole nitrogens is 1. The minimum absolute atomic E-state index is 0.374. The molecule has 2 amide bonds. The summed E-state index contributed by atoms with van der Waals surface area (Å²) in [5, 5.41) is 15.5. The molecule has 0 radical (unpaired) electrons. The van der Waals surface area contributed by atoms with E-state index in [2.05, 4.69) is 26.7 Å². The molecule has 1 aliphatic heterocycles. The summed E-state index contributed by atoms with van der Waals surface area (Å²) in [6.07, 6.45) is 3.92. The molecule has 31 heavy (non-hydrogen) atoms. The van der Waals surface area contributed by atoms with Crippen LogP contribution in [-0.4, -0.2) is 22.5 Å². The van der Waals surface area contributed by atoms with Gasteiger partial charge in [0.1, 0.15) is 11.7 Å². The van der Waals surface area contributed by atoms with E-state index in [0.717, 1.165) is 16.6 Å². The summed E-state index contributed by atoms with van der Waals surface area (Å²) in [5.41, 5.74) is 4.16.